The van der Waals surface area contributed by atoms with Gasteiger partial charge in [-0.1, -0.05) is 12.1 Å². The summed E-state index contributed by atoms with van der Waals surface area (Å²) in [7, 11) is 1.86. The minimum Gasteiger partial charge on any atom is -0.391 e. The highest BCUT2D eigenvalue weighted by Gasteiger charge is 2.30. The van der Waals surface area contributed by atoms with Gasteiger partial charge in [-0.2, -0.15) is 5.10 Å². The van der Waals surface area contributed by atoms with Crippen molar-refractivity contribution in [2.24, 2.45) is 16.8 Å². The topological polar surface area (TPSA) is 136 Å². The summed E-state index contributed by atoms with van der Waals surface area (Å²) in [4.78, 5) is 15.6. The Morgan fingerprint density at radius 1 is 1.30 bits per heavy atom. The molecule has 0 fully saturated rings. The van der Waals surface area contributed by atoms with Crippen LogP contribution >= 0.6 is 0 Å². The van der Waals surface area contributed by atoms with E-state index in [1.807, 2.05) is 30.1 Å². The SMILES string of the molecule is CNC1=C(C(=N)N2CCc3ccc(/C(=N/N)NN)cc32)CN(C(C)=O)CC1. The van der Waals surface area contributed by atoms with Crippen molar-refractivity contribution in [2.75, 3.05) is 31.6 Å². The van der Waals surface area contributed by atoms with Gasteiger partial charge in [0.25, 0.3) is 0 Å². The van der Waals surface area contributed by atoms with Gasteiger partial charge >= 0.3 is 0 Å². The first-order valence-corrected chi connectivity index (χ1v) is 8.89. The summed E-state index contributed by atoms with van der Waals surface area (Å²) in [6.45, 7) is 3.39. The molecule has 3 rings (SSSR count). The summed E-state index contributed by atoms with van der Waals surface area (Å²) in [6.07, 6.45) is 1.57. The zero-order valence-electron chi connectivity index (χ0n) is 15.7. The second kappa shape index (κ2) is 7.67. The van der Waals surface area contributed by atoms with Gasteiger partial charge in [0, 0.05) is 56.0 Å². The lowest BCUT2D eigenvalue weighted by molar-refractivity contribution is -0.128. The van der Waals surface area contributed by atoms with Crippen molar-refractivity contribution in [1.82, 2.24) is 15.6 Å². The van der Waals surface area contributed by atoms with Crippen LogP contribution in [0.5, 0.6) is 0 Å². The molecular formula is C18H26N8O. The third-order valence-corrected chi connectivity index (χ3v) is 5.17. The van der Waals surface area contributed by atoms with Gasteiger partial charge in [-0.25, -0.2) is 5.84 Å². The zero-order valence-corrected chi connectivity index (χ0v) is 15.7. The van der Waals surface area contributed by atoms with Crippen LogP contribution in [0.3, 0.4) is 0 Å². The number of nitrogens with one attached hydrogen (secondary N) is 3. The number of hydrogen-bond donors (Lipinski definition) is 5. The highest BCUT2D eigenvalue weighted by atomic mass is 16.2. The van der Waals surface area contributed by atoms with E-state index in [0.717, 1.165) is 40.9 Å². The van der Waals surface area contributed by atoms with Crippen molar-refractivity contribution in [3.05, 3.63) is 40.6 Å². The van der Waals surface area contributed by atoms with Crippen LogP contribution < -0.4 is 27.3 Å². The van der Waals surface area contributed by atoms with Crippen molar-refractivity contribution >= 4 is 23.3 Å². The Balaban J connectivity index is 1.94. The number of nitrogens with zero attached hydrogens (tertiary/aromatic N) is 3. The Morgan fingerprint density at radius 3 is 2.70 bits per heavy atom. The summed E-state index contributed by atoms with van der Waals surface area (Å²) in [5, 5.41) is 15.7. The minimum atomic E-state index is 0.0254. The first-order chi connectivity index (χ1) is 13.0. The Bertz CT molecular complexity index is 829. The third-order valence-electron chi connectivity index (χ3n) is 5.17. The summed E-state index contributed by atoms with van der Waals surface area (Å²) in [5.74, 6) is 11.7. The highest BCUT2D eigenvalue weighted by molar-refractivity contribution is 6.10. The number of amidine groups is 2. The fraction of sp³-hybridized carbons (Fsp3) is 0.389. The first-order valence-electron chi connectivity index (χ1n) is 8.89. The fourth-order valence-electron chi connectivity index (χ4n) is 3.64. The third kappa shape index (κ3) is 3.45. The lowest BCUT2D eigenvalue weighted by atomic mass is 10.0. The molecule has 0 saturated carbocycles. The summed E-state index contributed by atoms with van der Waals surface area (Å²) in [6, 6.07) is 5.86. The van der Waals surface area contributed by atoms with Gasteiger partial charge in [0.05, 0.1) is 6.54 Å². The van der Waals surface area contributed by atoms with Crippen molar-refractivity contribution in [3.8, 4) is 0 Å². The van der Waals surface area contributed by atoms with Gasteiger partial charge in [-0.05, 0) is 18.1 Å². The molecule has 0 bridgehead atoms. The molecule has 0 aliphatic carbocycles. The molecule has 0 aromatic heterocycles. The summed E-state index contributed by atoms with van der Waals surface area (Å²) >= 11 is 0. The van der Waals surface area contributed by atoms with Crippen molar-refractivity contribution in [3.63, 3.8) is 0 Å². The van der Waals surface area contributed by atoms with Crippen molar-refractivity contribution in [1.29, 1.82) is 5.41 Å². The number of hydrazine groups is 1. The van der Waals surface area contributed by atoms with E-state index < -0.39 is 0 Å². The molecular weight excluding hydrogens is 344 g/mol. The van der Waals surface area contributed by atoms with Gasteiger partial charge in [0.2, 0.25) is 5.91 Å². The van der Waals surface area contributed by atoms with Crippen LogP contribution in [-0.2, 0) is 11.2 Å². The van der Waals surface area contributed by atoms with Crippen LogP contribution in [0.2, 0.25) is 0 Å². The highest BCUT2D eigenvalue weighted by Crippen LogP contribution is 2.31. The first kappa shape index (κ1) is 18.7. The predicted octanol–water partition coefficient (Wildman–Crippen LogP) is -0.164. The van der Waals surface area contributed by atoms with Gasteiger partial charge in [-0.3, -0.25) is 10.2 Å². The van der Waals surface area contributed by atoms with E-state index in [1.54, 1.807) is 11.8 Å². The number of carbonyl (C=O) groups excluding carboxylic acids is 1. The van der Waals surface area contributed by atoms with Crippen LogP contribution in [0.25, 0.3) is 0 Å². The Hall–Kier alpha value is -3.07. The largest absolute Gasteiger partial charge is 0.391 e. The number of benzene rings is 1. The maximum absolute atomic E-state index is 11.8. The second-order valence-electron chi connectivity index (χ2n) is 6.61. The lowest BCUT2D eigenvalue weighted by Gasteiger charge is -2.33. The standard InChI is InChI=1S/C18H26N8O/c1-11(27)25-7-6-15(22-2)14(10-25)17(19)26-8-5-12-3-4-13(9-16(12)26)18(23-20)24-21/h3-4,9,19,22H,5-8,10,20-21H2,1-2H3,(H,23,24). The normalized spacial score (nSPS) is 17.1. The van der Waals surface area contributed by atoms with E-state index in [4.69, 9.17) is 17.1 Å². The number of hydrogen-bond acceptors (Lipinski definition) is 6. The molecule has 9 nitrogen and oxygen atoms in total. The number of rotatable bonds is 3. The van der Waals surface area contributed by atoms with Crippen LogP contribution in [0.4, 0.5) is 5.69 Å². The van der Waals surface area contributed by atoms with Crippen LogP contribution in [0.1, 0.15) is 24.5 Å². The van der Waals surface area contributed by atoms with Crippen LogP contribution in [0.15, 0.2) is 34.6 Å². The number of carbonyl (C=O) groups is 1. The summed E-state index contributed by atoms with van der Waals surface area (Å²) in [5.41, 5.74) is 7.20. The Morgan fingerprint density at radius 2 is 2.07 bits per heavy atom. The molecule has 0 saturated heterocycles. The van der Waals surface area contributed by atoms with Gasteiger partial charge in [-0.15, -0.1) is 0 Å². The molecule has 7 N–H and O–H groups in total. The lowest BCUT2D eigenvalue weighted by Crippen LogP contribution is -2.43. The number of fused-ring (bicyclic) bond motifs is 1. The molecule has 2 aliphatic heterocycles. The van der Waals surface area contributed by atoms with Crippen molar-refractivity contribution in [2.45, 2.75) is 19.8 Å². The van der Waals surface area contributed by atoms with E-state index in [1.165, 1.54) is 0 Å². The van der Waals surface area contributed by atoms with Crippen molar-refractivity contribution < 1.29 is 4.79 Å². The van der Waals surface area contributed by atoms with E-state index in [-0.39, 0.29) is 5.91 Å². The quantitative estimate of drug-likeness (QED) is 0.217. The maximum Gasteiger partial charge on any atom is 0.219 e. The van der Waals surface area contributed by atoms with Gasteiger partial charge < -0.3 is 26.4 Å². The average molecular weight is 370 g/mol. The van der Waals surface area contributed by atoms with E-state index >= 15 is 0 Å². The number of amides is 1. The molecule has 2 heterocycles. The maximum atomic E-state index is 11.8. The number of nitrogens with two attached hydrogens (primary N) is 2. The average Bonchev–Trinajstić information content (AvgIpc) is 3.11. The molecule has 1 aromatic rings. The number of anilines is 1. The van der Waals surface area contributed by atoms with E-state index in [2.05, 4.69) is 15.8 Å². The zero-order chi connectivity index (χ0) is 19.6. The molecule has 1 aromatic carbocycles. The molecule has 9 heteroatoms. The summed E-state index contributed by atoms with van der Waals surface area (Å²) < 4.78 is 0. The van der Waals surface area contributed by atoms with E-state index in [0.29, 0.717) is 31.3 Å². The molecule has 0 atom stereocenters. The minimum absolute atomic E-state index is 0.0254. The predicted molar refractivity (Wildman–Crippen MR) is 106 cm³/mol. The van der Waals surface area contributed by atoms with Gasteiger partial charge in [0.15, 0.2) is 5.84 Å². The Kier molecular flexibility index (Phi) is 5.31. The molecule has 27 heavy (non-hydrogen) atoms. The molecule has 1 amide bonds. The molecule has 0 unspecified atom stereocenters. The van der Waals surface area contributed by atoms with Gasteiger partial charge in [0.1, 0.15) is 5.84 Å². The molecule has 2 aliphatic rings. The smallest absolute Gasteiger partial charge is 0.219 e. The molecule has 0 spiro atoms. The van der Waals surface area contributed by atoms with E-state index in [9.17, 15) is 4.79 Å². The Labute approximate surface area is 158 Å². The number of hydrazone groups is 1. The molecule has 0 radical (unpaired) electrons. The van der Waals surface area contributed by atoms with Crippen LogP contribution in [0, 0.1) is 5.41 Å². The fourth-order valence-corrected chi connectivity index (χ4v) is 3.64. The molecule has 144 valence electrons. The monoisotopic (exact) mass is 370 g/mol. The van der Waals surface area contributed by atoms with Crippen LogP contribution in [-0.4, -0.2) is 49.2 Å². The second-order valence-corrected chi connectivity index (χ2v) is 6.61.